The number of rotatable bonds is 3. The number of aryl methyl sites for hydroxylation is 2. The molecule has 3 nitrogen and oxygen atoms in total. The van der Waals surface area contributed by atoms with Gasteiger partial charge in [-0.15, -0.1) is 0 Å². The van der Waals surface area contributed by atoms with Crippen LogP contribution in [0.4, 0.5) is 0 Å². The fourth-order valence-corrected chi connectivity index (χ4v) is 5.46. The molecule has 1 saturated carbocycles. The molecule has 0 radical (unpaired) electrons. The Kier molecular flexibility index (Phi) is 4.20. The largest absolute Gasteiger partial charge is 0.240 e. The van der Waals surface area contributed by atoms with E-state index in [0.717, 1.165) is 38.5 Å². The van der Waals surface area contributed by atoms with E-state index in [1.54, 1.807) is 6.07 Å². The van der Waals surface area contributed by atoms with Crippen LogP contribution in [0.3, 0.4) is 0 Å². The Bertz CT molecular complexity index is 600. The third-order valence-corrected chi connectivity index (χ3v) is 6.95. The van der Waals surface area contributed by atoms with Crippen LogP contribution in [0.2, 0.25) is 0 Å². The van der Waals surface area contributed by atoms with E-state index in [0.29, 0.717) is 4.90 Å². The SMILES string of the molecule is O=S(=O)(NC1CCCCC1Br)c1ccc2c(c1)CCC2. The minimum absolute atomic E-state index is 0.0157. The van der Waals surface area contributed by atoms with E-state index in [-0.39, 0.29) is 10.9 Å². The number of hydrogen-bond donors (Lipinski definition) is 1. The molecule has 2 aliphatic rings. The zero-order valence-electron chi connectivity index (χ0n) is 11.4. The Labute approximate surface area is 129 Å². The summed E-state index contributed by atoms with van der Waals surface area (Å²) in [5.41, 5.74) is 2.51. The van der Waals surface area contributed by atoms with Gasteiger partial charge in [-0.1, -0.05) is 34.8 Å². The lowest BCUT2D eigenvalue weighted by molar-refractivity contribution is 0.427. The molecule has 2 aliphatic carbocycles. The maximum atomic E-state index is 12.5. The van der Waals surface area contributed by atoms with Crippen molar-refractivity contribution in [2.75, 3.05) is 0 Å². The van der Waals surface area contributed by atoms with Gasteiger partial charge in [-0.2, -0.15) is 0 Å². The zero-order valence-corrected chi connectivity index (χ0v) is 13.8. The second-order valence-corrected chi connectivity index (χ2v) is 8.70. The summed E-state index contributed by atoms with van der Waals surface area (Å²) in [4.78, 5) is 0.670. The number of hydrogen-bond acceptors (Lipinski definition) is 2. The average Bonchev–Trinajstić information content (AvgIpc) is 2.88. The molecule has 0 spiro atoms. The van der Waals surface area contributed by atoms with E-state index in [4.69, 9.17) is 0 Å². The number of nitrogens with one attached hydrogen (secondary N) is 1. The van der Waals surface area contributed by atoms with Crippen LogP contribution in [-0.4, -0.2) is 19.3 Å². The Morgan fingerprint density at radius 3 is 2.60 bits per heavy atom. The van der Waals surface area contributed by atoms with E-state index < -0.39 is 10.0 Å². The molecule has 0 saturated heterocycles. The van der Waals surface area contributed by atoms with Crippen molar-refractivity contribution in [2.45, 2.75) is 60.7 Å². The highest BCUT2D eigenvalue weighted by Gasteiger charge is 2.28. The summed E-state index contributed by atoms with van der Waals surface area (Å²) in [5, 5.41) is 0. The van der Waals surface area contributed by atoms with Crippen molar-refractivity contribution in [3.8, 4) is 0 Å². The second kappa shape index (κ2) is 5.78. The van der Waals surface area contributed by atoms with Gasteiger partial charge in [-0.05, 0) is 55.4 Å². The molecule has 1 N–H and O–H groups in total. The van der Waals surface area contributed by atoms with Gasteiger partial charge in [0.1, 0.15) is 0 Å². The molecule has 0 aliphatic heterocycles. The van der Waals surface area contributed by atoms with Gasteiger partial charge in [0, 0.05) is 10.9 Å². The quantitative estimate of drug-likeness (QED) is 0.844. The van der Waals surface area contributed by atoms with Gasteiger partial charge >= 0.3 is 0 Å². The number of alkyl halides is 1. The van der Waals surface area contributed by atoms with Crippen LogP contribution >= 0.6 is 15.9 Å². The van der Waals surface area contributed by atoms with Gasteiger partial charge < -0.3 is 0 Å². The minimum atomic E-state index is -3.39. The standard InChI is InChI=1S/C15H20BrNO2S/c16-14-6-1-2-7-15(14)17-20(18,19)13-9-8-11-4-3-5-12(11)10-13/h8-10,14-15,17H,1-7H2. The van der Waals surface area contributed by atoms with Crippen molar-refractivity contribution < 1.29 is 8.42 Å². The molecule has 1 fully saturated rings. The Balaban J connectivity index is 1.81. The van der Waals surface area contributed by atoms with Crippen LogP contribution in [0.5, 0.6) is 0 Å². The van der Waals surface area contributed by atoms with Crippen LogP contribution in [0.15, 0.2) is 23.1 Å². The summed E-state index contributed by atoms with van der Waals surface area (Å²) in [7, 11) is -3.39. The van der Waals surface area contributed by atoms with Crippen molar-refractivity contribution in [2.24, 2.45) is 0 Å². The van der Waals surface area contributed by atoms with Gasteiger partial charge in [0.25, 0.3) is 0 Å². The predicted molar refractivity (Wildman–Crippen MR) is 83.8 cm³/mol. The number of benzene rings is 1. The second-order valence-electron chi connectivity index (χ2n) is 5.81. The van der Waals surface area contributed by atoms with E-state index in [9.17, 15) is 8.42 Å². The smallest absolute Gasteiger partial charge is 0.207 e. The molecule has 110 valence electrons. The highest BCUT2D eigenvalue weighted by molar-refractivity contribution is 9.09. The first-order valence-electron chi connectivity index (χ1n) is 7.34. The summed E-state index contributed by atoms with van der Waals surface area (Å²) in [6.45, 7) is 0. The third-order valence-electron chi connectivity index (χ3n) is 4.37. The maximum Gasteiger partial charge on any atom is 0.240 e. The molecule has 1 aromatic carbocycles. The molecule has 0 heterocycles. The lowest BCUT2D eigenvalue weighted by Gasteiger charge is -2.28. The molecule has 2 unspecified atom stereocenters. The molecule has 2 atom stereocenters. The third kappa shape index (κ3) is 2.95. The average molecular weight is 358 g/mol. The fraction of sp³-hybridized carbons (Fsp3) is 0.600. The minimum Gasteiger partial charge on any atom is -0.207 e. The monoisotopic (exact) mass is 357 g/mol. The summed E-state index contributed by atoms with van der Waals surface area (Å²) in [6, 6.07) is 5.60. The van der Waals surface area contributed by atoms with Gasteiger partial charge in [0.2, 0.25) is 10.0 Å². The normalized spacial score (nSPS) is 26.4. The Hall–Kier alpha value is -0.390. The van der Waals surface area contributed by atoms with Gasteiger partial charge in [-0.3, -0.25) is 0 Å². The predicted octanol–water partition coefficient (Wildman–Crippen LogP) is 3.16. The molecule has 0 bridgehead atoms. The van der Waals surface area contributed by atoms with Crippen molar-refractivity contribution in [3.05, 3.63) is 29.3 Å². The van der Waals surface area contributed by atoms with Gasteiger partial charge in [-0.25, -0.2) is 13.1 Å². The van der Waals surface area contributed by atoms with Crippen molar-refractivity contribution >= 4 is 26.0 Å². The van der Waals surface area contributed by atoms with Crippen LogP contribution in [0, 0.1) is 0 Å². The molecule has 1 aromatic rings. The van der Waals surface area contributed by atoms with Crippen molar-refractivity contribution in [3.63, 3.8) is 0 Å². The molecule has 3 rings (SSSR count). The van der Waals surface area contributed by atoms with E-state index >= 15 is 0 Å². The molecular weight excluding hydrogens is 338 g/mol. The van der Waals surface area contributed by atoms with Crippen LogP contribution in [-0.2, 0) is 22.9 Å². The molecule has 0 aromatic heterocycles. The Morgan fingerprint density at radius 1 is 1.05 bits per heavy atom. The molecular formula is C15H20BrNO2S. The summed E-state index contributed by atoms with van der Waals surface area (Å²) >= 11 is 3.60. The lowest BCUT2D eigenvalue weighted by Crippen LogP contribution is -2.42. The van der Waals surface area contributed by atoms with Crippen LogP contribution in [0.25, 0.3) is 0 Å². The van der Waals surface area contributed by atoms with Gasteiger partial charge in [0.15, 0.2) is 0 Å². The summed E-state index contributed by atoms with van der Waals surface area (Å²) < 4.78 is 27.9. The van der Waals surface area contributed by atoms with Crippen LogP contribution in [0.1, 0.15) is 43.2 Å². The number of fused-ring (bicyclic) bond motifs is 1. The van der Waals surface area contributed by atoms with Crippen LogP contribution < -0.4 is 4.72 Å². The highest BCUT2D eigenvalue weighted by atomic mass is 79.9. The summed E-state index contributed by atoms with van der Waals surface area (Å²) in [6.07, 6.45) is 7.45. The molecule has 20 heavy (non-hydrogen) atoms. The fourth-order valence-electron chi connectivity index (χ4n) is 3.20. The van der Waals surface area contributed by atoms with Crippen molar-refractivity contribution in [1.29, 1.82) is 0 Å². The number of sulfonamides is 1. The molecule has 5 heteroatoms. The first-order chi connectivity index (χ1) is 9.56. The first-order valence-corrected chi connectivity index (χ1v) is 9.74. The van der Waals surface area contributed by atoms with Gasteiger partial charge in [0.05, 0.1) is 4.90 Å². The van der Waals surface area contributed by atoms with E-state index in [1.807, 2.05) is 12.1 Å². The lowest BCUT2D eigenvalue weighted by atomic mass is 9.96. The van der Waals surface area contributed by atoms with Crippen molar-refractivity contribution in [1.82, 2.24) is 4.72 Å². The topological polar surface area (TPSA) is 46.2 Å². The van der Waals surface area contributed by atoms with E-state index in [1.165, 1.54) is 17.5 Å². The number of halogens is 1. The highest BCUT2D eigenvalue weighted by Crippen LogP contribution is 2.28. The molecule has 0 amide bonds. The van der Waals surface area contributed by atoms with E-state index in [2.05, 4.69) is 20.7 Å². The first kappa shape index (κ1) is 14.5. The maximum absolute atomic E-state index is 12.5. The summed E-state index contributed by atoms with van der Waals surface area (Å²) in [5.74, 6) is 0. The Morgan fingerprint density at radius 2 is 1.80 bits per heavy atom. The zero-order chi connectivity index (χ0) is 14.2.